The first-order chi connectivity index (χ1) is 6.74. The molecule has 4 heteroatoms. The molecule has 4 nitrogen and oxygen atoms in total. The van der Waals surface area contributed by atoms with Gasteiger partial charge in [0.25, 0.3) is 0 Å². The molecule has 0 unspecified atom stereocenters. The SMILES string of the molecule is Cn1cc(CCOC2CC(N)C2)cn1. The van der Waals surface area contributed by atoms with Gasteiger partial charge in [0.15, 0.2) is 0 Å². The van der Waals surface area contributed by atoms with Gasteiger partial charge in [0, 0.05) is 19.3 Å². The minimum absolute atomic E-state index is 0.374. The van der Waals surface area contributed by atoms with Crippen LogP contribution in [-0.4, -0.2) is 28.5 Å². The number of nitrogens with zero attached hydrogens (tertiary/aromatic N) is 2. The third-order valence-corrected chi connectivity index (χ3v) is 2.63. The molecule has 14 heavy (non-hydrogen) atoms. The molecule has 0 aromatic carbocycles. The van der Waals surface area contributed by atoms with E-state index in [0.717, 1.165) is 25.9 Å². The average Bonchev–Trinajstić information content (AvgIpc) is 2.48. The van der Waals surface area contributed by atoms with E-state index in [0.29, 0.717) is 12.1 Å². The Labute approximate surface area is 84.0 Å². The highest BCUT2D eigenvalue weighted by atomic mass is 16.5. The summed E-state index contributed by atoms with van der Waals surface area (Å²) in [6.45, 7) is 0.781. The minimum atomic E-state index is 0.374. The van der Waals surface area contributed by atoms with Crippen LogP contribution in [0.1, 0.15) is 18.4 Å². The van der Waals surface area contributed by atoms with E-state index in [1.54, 1.807) is 0 Å². The summed E-state index contributed by atoms with van der Waals surface area (Å²) >= 11 is 0. The Morgan fingerprint density at radius 3 is 3.00 bits per heavy atom. The number of aromatic nitrogens is 2. The van der Waals surface area contributed by atoms with Gasteiger partial charge in [-0.2, -0.15) is 5.10 Å². The van der Waals surface area contributed by atoms with E-state index in [2.05, 4.69) is 5.10 Å². The summed E-state index contributed by atoms with van der Waals surface area (Å²) in [7, 11) is 1.93. The smallest absolute Gasteiger partial charge is 0.0604 e. The molecular formula is C10H17N3O. The van der Waals surface area contributed by atoms with E-state index in [1.807, 2.05) is 24.1 Å². The number of ether oxygens (including phenoxy) is 1. The van der Waals surface area contributed by atoms with Crippen molar-refractivity contribution in [3.63, 3.8) is 0 Å². The largest absolute Gasteiger partial charge is 0.378 e. The van der Waals surface area contributed by atoms with Crippen molar-refractivity contribution in [3.05, 3.63) is 18.0 Å². The lowest BCUT2D eigenvalue weighted by Crippen LogP contribution is -2.41. The zero-order chi connectivity index (χ0) is 9.97. The molecule has 0 atom stereocenters. The molecule has 1 aromatic heterocycles. The minimum Gasteiger partial charge on any atom is -0.378 e. The maximum atomic E-state index is 5.66. The van der Waals surface area contributed by atoms with E-state index in [-0.39, 0.29) is 0 Å². The maximum absolute atomic E-state index is 5.66. The summed E-state index contributed by atoms with van der Waals surface area (Å²) in [6.07, 6.45) is 7.30. The Balaban J connectivity index is 1.63. The first kappa shape index (κ1) is 9.68. The molecule has 1 fully saturated rings. The van der Waals surface area contributed by atoms with Gasteiger partial charge in [0.05, 0.1) is 18.9 Å². The molecule has 1 saturated carbocycles. The van der Waals surface area contributed by atoms with E-state index in [9.17, 15) is 0 Å². The topological polar surface area (TPSA) is 53.1 Å². The normalized spacial score (nSPS) is 26.1. The molecule has 0 saturated heterocycles. The van der Waals surface area contributed by atoms with E-state index in [4.69, 9.17) is 10.5 Å². The predicted octanol–water partition coefficient (Wildman–Crippen LogP) is 0.469. The van der Waals surface area contributed by atoms with Crippen LogP contribution in [-0.2, 0) is 18.2 Å². The second-order valence-corrected chi connectivity index (χ2v) is 4.00. The molecule has 0 aliphatic heterocycles. The summed E-state index contributed by atoms with van der Waals surface area (Å²) in [4.78, 5) is 0. The molecule has 0 bridgehead atoms. The molecule has 1 aliphatic carbocycles. The molecule has 1 aromatic rings. The van der Waals surface area contributed by atoms with Crippen LogP contribution in [0.4, 0.5) is 0 Å². The molecule has 1 aliphatic rings. The Hall–Kier alpha value is -0.870. The fourth-order valence-corrected chi connectivity index (χ4v) is 1.69. The lowest BCUT2D eigenvalue weighted by Gasteiger charge is -2.32. The fourth-order valence-electron chi connectivity index (χ4n) is 1.69. The molecule has 78 valence electrons. The van der Waals surface area contributed by atoms with E-state index >= 15 is 0 Å². The molecule has 0 radical (unpaired) electrons. The number of rotatable bonds is 4. The van der Waals surface area contributed by atoms with Crippen LogP contribution < -0.4 is 5.73 Å². The number of hydrogen-bond donors (Lipinski definition) is 1. The van der Waals surface area contributed by atoms with Crippen LogP contribution in [0.25, 0.3) is 0 Å². The van der Waals surface area contributed by atoms with Crippen molar-refractivity contribution >= 4 is 0 Å². The number of hydrogen-bond acceptors (Lipinski definition) is 3. The zero-order valence-electron chi connectivity index (χ0n) is 8.52. The summed E-state index contributed by atoms with van der Waals surface area (Å²) in [5.41, 5.74) is 6.89. The summed E-state index contributed by atoms with van der Waals surface area (Å²) in [5.74, 6) is 0. The predicted molar refractivity (Wildman–Crippen MR) is 53.9 cm³/mol. The van der Waals surface area contributed by atoms with Gasteiger partial charge in [-0.3, -0.25) is 4.68 Å². The molecule has 2 N–H and O–H groups in total. The quantitative estimate of drug-likeness (QED) is 0.759. The number of aryl methyl sites for hydroxylation is 1. The van der Waals surface area contributed by atoms with Gasteiger partial charge in [-0.25, -0.2) is 0 Å². The third kappa shape index (κ3) is 2.33. The lowest BCUT2D eigenvalue weighted by atomic mass is 9.90. The highest BCUT2D eigenvalue weighted by Gasteiger charge is 2.26. The number of nitrogens with two attached hydrogens (primary N) is 1. The van der Waals surface area contributed by atoms with Crippen LogP contribution in [0.5, 0.6) is 0 Å². The second-order valence-electron chi connectivity index (χ2n) is 4.00. The van der Waals surface area contributed by atoms with E-state index in [1.165, 1.54) is 5.56 Å². The van der Waals surface area contributed by atoms with E-state index < -0.39 is 0 Å². The van der Waals surface area contributed by atoms with Gasteiger partial charge in [-0.1, -0.05) is 0 Å². The molecule has 0 spiro atoms. The highest BCUT2D eigenvalue weighted by Crippen LogP contribution is 2.21. The van der Waals surface area contributed by atoms with Crippen molar-refractivity contribution in [1.29, 1.82) is 0 Å². The van der Waals surface area contributed by atoms with Gasteiger partial charge >= 0.3 is 0 Å². The van der Waals surface area contributed by atoms with Crippen molar-refractivity contribution in [2.75, 3.05) is 6.61 Å². The van der Waals surface area contributed by atoms with Crippen molar-refractivity contribution in [2.24, 2.45) is 12.8 Å². The van der Waals surface area contributed by atoms with Crippen molar-refractivity contribution in [3.8, 4) is 0 Å². The van der Waals surface area contributed by atoms with Crippen LogP contribution >= 0.6 is 0 Å². The van der Waals surface area contributed by atoms with Gasteiger partial charge in [0.1, 0.15) is 0 Å². The van der Waals surface area contributed by atoms with Crippen molar-refractivity contribution < 1.29 is 4.74 Å². The molecule has 1 heterocycles. The maximum Gasteiger partial charge on any atom is 0.0604 e. The molecular weight excluding hydrogens is 178 g/mol. The third-order valence-electron chi connectivity index (χ3n) is 2.63. The molecule has 0 amide bonds. The second kappa shape index (κ2) is 4.11. The average molecular weight is 195 g/mol. The van der Waals surface area contributed by atoms with Crippen molar-refractivity contribution in [2.45, 2.75) is 31.4 Å². The first-order valence-electron chi connectivity index (χ1n) is 5.09. The first-order valence-corrected chi connectivity index (χ1v) is 5.09. The Morgan fingerprint density at radius 1 is 1.64 bits per heavy atom. The summed E-state index contributed by atoms with van der Waals surface area (Å²) in [5, 5.41) is 4.10. The standard InChI is InChI=1S/C10H17N3O/c1-13-7-8(6-12-13)2-3-14-10-4-9(11)5-10/h6-7,9-10H,2-5,11H2,1H3. The van der Waals surface area contributed by atoms with Crippen molar-refractivity contribution in [1.82, 2.24) is 9.78 Å². The zero-order valence-corrected chi connectivity index (χ0v) is 8.52. The van der Waals surface area contributed by atoms with Gasteiger partial charge in [0.2, 0.25) is 0 Å². The van der Waals surface area contributed by atoms with Crippen LogP contribution in [0, 0.1) is 0 Å². The highest BCUT2D eigenvalue weighted by molar-refractivity contribution is 5.03. The summed E-state index contributed by atoms with van der Waals surface area (Å²) < 4.78 is 7.46. The fraction of sp³-hybridized carbons (Fsp3) is 0.700. The van der Waals surface area contributed by atoms with Crippen LogP contribution in [0.3, 0.4) is 0 Å². The molecule has 2 rings (SSSR count). The van der Waals surface area contributed by atoms with Crippen LogP contribution in [0.15, 0.2) is 12.4 Å². The Morgan fingerprint density at radius 2 is 2.43 bits per heavy atom. The van der Waals surface area contributed by atoms with Gasteiger partial charge < -0.3 is 10.5 Å². The van der Waals surface area contributed by atoms with Gasteiger partial charge in [-0.15, -0.1) is 0 Å². The lowest BCUT2D eigenvalue weighted by molar-refractivity contribution is -0.00662. The van der Waals surface area contributed by atoms with Crippen LogP contribution in [0.2, 0.25) is 0 Å². The monoisotopic (exact) mass is 195 g/mol. The Bertz CT molecular complexity index is 291. The van der Waals surface area contributed by atoms with Gasteiger partial charge in [-0.05, 0) is 24.8 Å². The Kier molecular flexibility index (Phi) is 2.84. The summed E-state index contributed by atoms with van der Waals surface area (Å²) in [6, 6.07) is 0.374.